The lowest BCUT2D eigenvalue weighted by Gasteiger charge is -2.43. The quantitative estimate of drug-likeness (QED) is 0.846. The number of hydrogen-bond acceptors (Lipinski definition) is 3. The summed E-state index contributed by atoms with van der Waals surface area (Å²) in [5.41, 5.74) is -0.0894. The van der Waals surface area contributed by atoms with E-state index in [0.29, 0.717) is 18.4 Å². The SMILES string of the molecule is CCC1CN(C(=O)[C@@]23CCCC[C@H]2CNC3)CCO1.Cl. The number of halogens is 1. The van der Waals surface area contributed by atoms with E-state index in [9.17, 15) is 4.79 Å². The van der Waals surface area contributed by atoms with Gasteiger partial charge in [-0.2, -0.15) is 0 Å². The number of carbonyl (C=O) groups excluding carboxylic acids is 1. The maximum Gasteiger partial charge on any atom is 0.230 e. The first-order chi connectivity index (χ1) is 9.26. The Morgan fingerprint density at radius 3 is 3.10 bits per heavy atom. The molecule has 1 N–H and O–H groups in total. The first-order valence-electron chi connectivity index (χ1n) is 7.88. The van der Waals surface area contributed by atoms with Gasteiger partial charge >= 0.3 is 0 Å². The number of fused-ring (bicyclic) bond motifs is 1. The van der Waals surface area contributed by atoms with Crippen molar-refractivity contribution in [2.24, 2.45) is 11.3 Å². The Balaban J connectivity index is 0.00000147. The van der Waals surface area contributed by atoms with Gasteiger partial charge in [-0.25, -0.2) is 0 Å². The molecule has 3 aliphatic rings. The van der Waals surface area contributed by atoms with Crippen LogP contribution in [0.5, 0.6) is 0 Å². The summed E-state index contributed by atoms with van der Waals surface area (Å²) in [4.78, 5) is 15.1. The maximum absolute atomic E-state index is 13.0. The summed E-state index contributed by atoms with van der Waals surface area (Å²) in [6.45, 7) is 6.35. The fourth-order valence-corrected chi connectivity index (χ4v) is 4.13. The smallest absolute Gasteiger partial charge is 0.230 e. The van der Waals surface area contributed by atoms with Gasteiger partial charge in [-0.1, -0.05) is 19.8 Å². The zero-order chi connectivity index (χ0) is 13.3. The number of morpholine rings is 1. The number of carbonyl (C=O) groups is 1. The van der Waals surface area contributed by atoms with Crippen LogP contribution >= 0.6 is 12.4 Å². The fourth-order valence-electron chi connectivity index (χ4n) is 4.13. The standard InChI is InChI=1S/C15H26N2O2.ClH/c1-2-13-10-17(7-8-19-13)14(18)15-6-4-3-5-12(15)9-16-11-15;/h12-13,16H,2-11H2,1H3;1H/t12-,13?,15+;/m0./s1. The molecule has 0 radical (unpaired) electrons. The predicted molar refractivity (Wildman–Crippen MR) is 81.1 cm³/mol. The van der Waals surface area contributed by atoms with Gasteiger partial charge in [0.05, 0.1) is 18.1 Å². The van der Waals surface area contributed by atoms with Crippen molar-refractivity contribution in [1.82, 2.24) is 10.2 Å². The van der Waals surface area contributed by atoms with E-state index in [1.54, 1.807) is 0 Å². The van der Waals surface area contributed by atoms with E-state index in [4.69, 9.17) is 4.74 Å². The van der Waals surface area contributed by atoms with Gasteiger partial charge < -0.3 is 15.0 Å². The van der Waals surface area contributed by atoms with Crippen molar-refractivity contribution < 1.29 is 9.53 Å². The minimum atomic E-state index is -0.0894. The Morgan fingerprint density at radius 1 is 1.45 bits per heavy atom. The second-order valence-electron chi connectivity index (χ2n) is 6.38. The van der Waals surface area contributed by atoms with Gasteiger partial charge in [0.15, 0.2) is 0 Å². The molecule has 0 spiro atoms. The van der Waals surface area contributed by atoms with E-state index in [-0.39, 0.29) is 23.9 Å². The van der Waals surface area contributed by atoms with E-state index in [1.165, 1.54) is 19.3 Å². The highest BCUT2D eigenvalue weighted by molar-refractivity contribution is 5.85. The molecular formula is C15H27ClN2O2. The van der Waals surface area contributed by atoms with Crippen LogP contribution in [0.25, 0.3) is 0 Å². The van der Waals surface area contributed by atoms with E-state index >= 15 is 0 Å². The number of ether oxygens (including phenoxy) is 1. The molecule has 0 bridgehead atoms. The number of amides is 1. The highest BCUT2D eigenvalue weighted by Crippen LogP contribution is 2.45. The van der Waals surface area contributed by atoms with Crippen LogP contribution in [0.2, 0.25) is 0 Å². The van der Waals surface area contributed by atoms with Crippen LogP contribution < -0.4 is 5.32 Å². The summed E-state index contributed by atoms with van der Waals surface area (Å²) >= 11 is 0. The summed E-state index contributed by atoms with van der Waals surface area (Å²) in [5, 5.41) is 3.47. The maximum atomic E-state index is 13.0. The number of nitrogens with zero attached hydrogens (tertiary/aromatic N) is 1. The van der Waals surface area contributed by atoms with Crippen molar-refractivity contribution in [3.8, 4) is 0 Å². The average Bonchev–Trinajstić information content (AvgIpc) is 2.91. The van der Waals surface area contributed by atoms with Crippen LogP contribution in [0.4, 0.5) is 0 Å². The van der Waals surface area contributed by atoms with Crippen molar-refractivity contribution in [1.29, 1.82) is 0 Å². The highest BCUT2D eigenvalue weighted by atomic mass is 35.5. The molecule has 1 saturated carbocycles. The molecule has 20 heavy (non-hydrogen) atoms. The predicted octanol–water partition coefficient (Wildman–Crippen LogP) is 1.83. The minimum absolute atomic E-state index is 0. The molecule has 1 unspecified atom stereocenters. The van der Waals surface area contributed by atoms with Crippen LogP contribution in [-0.2, 0) is 9.53 Å². The monoisotopic (exact) mass is 302 g/mol. The molecule has 1 amide bonds. The molecule has 2 aliphatic heterocycles. The van der Waals surface area contributed by atoms with Gasteiger partial charge in [-0.05, 0) is 31.7 Å². The average molecular weight is 303 g/mol. The third-order valence-electron chi connectivity index (χ3n) is 5.35. The summed E-state index contributed by atoms with van der Waals surface area (Å²) in [5.74, 6) is 0.973. The molecule has 2 heterocycles. The largest absolute Gasteiger partial charge is 0.375 e. The molecule has 3 atom stereocenters. The van der Waals surface area contributed by atoms with Crippen molar-refractivity contribution in [3.05, 3.63) is 0 Å². The van der Waals surface area contributed by atoms with Crippen LogP contribution in [0.15, 0.2) is 0 Å². The molecule has 116 valence electrons. The molecule has 1 aliphatic carbocycles. The van der Waals surface area contributed by atoms with Crippen molar-refractivity contribution in [3.63, 3.8) is 0 Å². The van der Waals surface area contributed by atoms with Gasteiger partial charge in [0.2, 0.25) is 5.91 Å². The Labute approximate surface area is 128 Å². The van der Waals surface area contributed by atoms with Gasteiger partial charge in [0, 0.05) is 19.6 Å². The number of hydrogen-bond donors (Lipinski definition) is 1. The number of nitrogens with one attached hydrogen (secondary N) is 1. The summed E-state index contributed by atoms with van der Waals surface area (Å²) < 4.78 is 5.69. The fraction of sp³-hybridized carbons (Fsp3) is 0.933. The Kier molecular flexibility index (Phi) is 5.32. The summed E-state index contributed by atoms with van der Waals surface area (Å²) in [7, 11) is 0. The van der Waals surface area contributed by atoms with E-state index in [1.807, 2.05) is 0 Å². The van der Waals surface area contributed by atoms with Gasteiger partial charge in [-0.15, -0.1) is 12.4 Å². The van der Waals surface area contributed by atoms with Gasteiger partial charge in [-0.3, -0.25) is 4.79 Å². The van der Waals surface area contributed by atoms with Crippen LogP contribution in [0.3, 0.4) is 0 Å². The first-order valence-corrected chi connectivity index (χ1v) is 7.88. The third-order valence-corrected chi connectivity index (χ3v) is 5.35. The van der Waals surface area contributed by atoms with Gasteiger partial charge in [0.25, 0.3) is 0 Å². The first kappa shape index (κ1) is 16.1. The molecule has 3 fully saturated rings. The summed E-state index contributed by atoms with van der Waals surface area (Å²) in [6.07, 6.45) is 6.05. The lowest BCUT2D eigenvalue weighted by Crippen LogP contribution is -2.54. The second-order valence-corrected chi connectivity index (χ2v) is 6.38. The topological polar surface area (TPSA) is 41.6 Å². The molecule has 4 nitrogen and oxygen atoms in total. The third kappa shape index (κ3) is 2.70. The van der Waals surface area contributed by atoms with Crippen molar-refractivity contribution in [2.45, 2.75) is 45.1 Å². The summed E-state index contributed by atoms with van der Waals surface area (Å²) in [6, 6.07) is 0. The number of rotatable bonds is 2. The Hall–Kier alpha value is -0.320. The van der Waals surface area contributed by atoms with Gasteiger partial charge in [0.1, 0.15) is 0 Å². The van der Waals surface area contributed by atoms with E-state index < -0.39 is 0 Å². The Morgan fingerprint density at radius 2 is 2.30 bits per heavy atom. The lowest BCUT2D eigenvalue weighted by atomic mass is 9.67. The van der Waals surface area contributed by atoms with Crippen LogP contribution in [0, 0.1) is 11.3 Å². The molecule has 0 aromatic rings. The molecular weight excluding hydrogens is 276 g/mol. The zero-order valence-corrected chi connectivity index (χ0v) is 13.2. The second kappa shape index (κ2) is 6.63. The Bertz CT molecular complexity index is 353. The van der Waals surface area contributed by atoms with Crippen LogP contribution in [0.1, 0.15) is 39.0 Å². The van der Waals surface area contributed by atoms with Crippen LogP contribution in [-0.4, -0.2) is 49.7 Å². The van der Waals surface area contributed by atoms with Crippen molar-refractivity contribution >= 4 is 18.3 Å². The lowest BCUT2D eigenvalue weighted by molar-refractivity contribution is -0.153. The highest BCUT2D eigenvalue weighted by Gasteiger charge is 2.51. The normalized spacial score (nSPS) is 37.1. The zero-order valence-electron chi connectivity index (χ0n) is 12.4. The molecule has 5 heteroatoms. The van der Waals surface area contributed by atoms with Crippen molar-refractivity contribution in [2.75, 3.05) is 32.8 Å². The molecule has 2 saturated heterocycles. The molecule has 3 rings (SSSR count). The molecule has 0 aromatic carbocycles. The van der Waals surface area contributed by atoms with E-state index in [0.717, 1.165) is 39.0 Å². The molecule has 0 aromatic heterocycles. The van der Waals surface area contributed by atoms with E-state index in [2.05, 4.69) is 17.1 Å². The minimum Gasteiger partial charge on any atom is -0.375 e.